The molecular formula is C16H14N2O4S. The first-order valence-electron chi connectivity index (χ1n) is 7.04. The van der Waals surface area contributed by atoms with Crippen molar-refractivity contribution in [3.63, 3.8) is 0 Å². The Bertz CT molecular complexity index is 756. The second-order valence-corrected chi connectivity index (χ2v) is 6.16. The summed E-state index contributed by atoms with van der Waals surface area (Å²) in [4.78, 5) is 37.9. The molecule has 0 radical (unpaired) electrons. The van der Waals surface area contributed by atoms with Crippen LogP contribution in [0.1, 0.15) is 30.9 Å². The van der Waals surface area contributed by atoms with Crippen molar-refractivity contribution in [2.45, 2.75) is 6.04 Å². The molecule has 0 bridgehead atoms. The number of hydrogen-bond acceptors (Lipinski definition) is 4. The molecule has 1 fully saturated rings. The number of carboxylic acid groups (broad SMARTS) is 1. The van der Waals surface area contributed by atoms with Crippen molar-refractivity contribution >= 4 is 29.1 Å². The molecule has 7 heteroatoms. The van der Waals surface area contributed by atoms with Gasteiger partial charge in [0.05, 0.1) is 4.88 Å². The zero-order valence-corrected chi connectivity index (χ0v) is 12.9. The quantitative estimate of drug-likeness (QED) is 0.898. The molecule has 2 aromatic rings. The predicted molar refractivity (Wildman–Crippen MR) is 84.5 cm³/mol. The van der Waals surface area contributed by atoms with E-state index >= 15 is 0 Å². The maximum Gasteiger partial charge on any atom is 0.345 e. The largest absolute Gasteiger partial charge is 0.477 e. The normalized spacial score (nSPS) is 17.7. The maximum atomic E-state index is 12.7. The number of thiophene rings is 1. The van der Waals surface area contributed by atoms with Crippen molar-refractivity contribution in [1.82, 2.24) is 10.2 Å². The van der Waals surface area contributed by atoms with Crippen molar-refractivity contribution in [1.29, 1.82) is 0 Å². The Morgan fingerprint density at radius 1 is 1.13 bits per heavy atom. The van der Waals surface area contributed by atoms with Gasteiger partial charge in [-0.25, -0.2) is 4.79 Å². The number of hydrogen-bond donors (Lipinski definition) is 2. The van der Waals surface area contributed by atoms with Crippen LogP contribution < -0.4 is 5.32 Å². The lowest BCUT2D eigenvalue weighted by Gasteiger charge is -2.35. The Labute approximate surface area is 136 Å². The summed E-state index contributed by atoms with van der Waals surface area (Å²) < 4.78 is 0. The zero-order valence-electron chi connectivity index (χ0n) is 12.1. The van der Waals surface area contributed by atoms with E-state index in [0.29, 0.717) is 18.0 Å². The van der Waals surface area contributed by atoms with Crippen LogP contribution >= 0.6 is 11.3 Å². The van der Waals surface area contributed by atoms with Crippen LogP contribution in [0.25, 0.3) is 0 Å². The molecule has 1 saturated heterocycles. The van der Waals surface area contributed by atoms with E-state index in [0.717, 1.165) is 16.9 Å². The van der Waals surface area contributed by atoms with Gasteiger partial charge in [-0.2, -0.15) is 0 Å². The van der Waals surface area contributed by atoms with Gasteiger partial charge in [0.1, 0.15) is 10.9 Å². The van der Waals surface area contributed by atoms with Gasteiger partial charge in [0.15, 0.2) is 0 Å². The minimum absolute atomic E-state index is 0.103. The summed E-state index contributed by atoms with van der Waals surface area (Å²) in [7, 11) is 0. The molecule has 118 valence electrons. The smallest absolute Gasteiger partial charge is 0.345 e. The standard InChI is InChI=1S/C16H14N2O4S/c19-14-13(10-4-2-1-3-5-10)18(9-8-17-14)15(20)11-6-7-12(23-11)16(21)22/h1-7,13H,8-9H2,(H,17,19)(H,21,22)/t13-/m0/s1. The SMILES string of the molecule is O=C(O)c1ccc(C(=O)N2CCNC(=O)[C@@H]2c2ccccc2)s1. The van der Waals surface area contributed by atoms with E-state index in [-0.39, 0.29) is 16.7 Å². The van der Waals surface area contributed by atoms with Crippen LogP contribution in [-0.4, -0.2) is 40.9 Å². The van der Waals surface area contributed by atoms with Gasteiger partial charge in [-0.1, -0.05) is 30.3 Å². The molecule has 1 atom stereocenters. The summed E-state index contributed by atoms with van der Waals surface area (Å²) in [5.41, 5.74) is 0.730. The average Bonchev–Trinajstić information content (AvgIpc) is 3.05. The van der Waals surface area contributed by atoms with E-state index in [2.05, 4.69) is 5.32 Å². The molecule has 2 heterocycles. The fraction of sp³-hybridized carbons (Fsp3) is 0.188. The summed E-state index contributed by atoms with van der Waals surface area (Å²) in [6.07, 6.45) is 0. The third-order valence-corrected chi connectivity index (χ3v) is 4.68. The molecule has 1 aliphatic rings. The van der Waals surface area contributed by atoms with Crippen molar-refractivity contribution in [2.24, 2.45) is 0 Å². The lowest BCUT2D eigenvalue weighted by atomic mass is 10.0. The summed E-state index contributed by atoms with van der Waals surface area (Å²) in [5.74, 6) is -1.62. The molecule has 2 amide bonds. The van der Waals surface area contributed by atoms with Gasteiger partial charge in [-0.3, -0.25) is 9.59 Å². The van der Waals surface area contributed by atoms with Crippen LogP contribution in [0.5, 0.6) is 0 Å². The van der Waals surface area contributed by atoms with Crippen LogP contribution in [0, 0.1) is 0 Å². The Kier molecular flexibility index (Phi) is 4.12. The number of rotatable bonds is 3. The Hall–Kier alpha value is -2.67. The highest BCUT2D eigenvalue weighted by Gasteiger charge is 2.35. The lowest BCUT2D eigenvalue weighted by Crippen LogP contribution is -2.52. The van der Waals surface area contributed by atoms with Gasteiger partial charge in [0, 0.05) is 13.1 Å². The molecule has 0 saturated carbocycles. The molecular weight excluding hydrogens is 316 g/mol. The number of aromatic carboxylic acids is 1. The highest BCUT2D eigenvalue weighted by molar-refractivity contribution is 7.15. The molecule has 2 N–H and O–H groups in total. The summed E-state index contributed by atoms with van der Waals surface area (Å²) >= 11 is 0.919. The van der Waals surface area contributed by atoms with Gasteiger partial charge in [0.25, 0.3) is 5.91 Å². The van der Waals surface area contributed by atoms with E-state index < -0.39 is 12.0 Å². The van der Waals surface area contributed by atoms with Gasteiger partial charge < -0.3 is 15.3 Å². The molecule has 3 rings (SSSR count). The highest BCUT2D eigenvalue weighted by Crippen LogP contribution is 2.27. The molecule has 0 unspecified atom stereocenters. The number of piperazine rings is 1. The molecule has 6 nitrogen and oxygen atoms in total. The van der Waals surface area contributed by atoms with Gasteiger partial charge in [0.2, 0.25) is 5.91 Å². The maximum absolute atomic E-state index is 12.7. The minimum Gasteiger partial charge on any atom is -0.477 e. The Morgan fingerprint density at radius 3 is 2.48 bits per heavy atom. The first-order valence-corrected chi connectivity index (χ1v) is 7.86. The summed E-state index contributed by atoms with van der Waals surface area (Å²) in [5, 5.41) is 11.8. The van der Waals surface area contributed by atoms with Crippen LogP contribution in [0.15, 0.2) is 42.5 Å². The van der Waals surface area contributed by atoms with E-state index in [1.165, 1.54) is 17.0 Å². The number of benzene rings is 1. The predicted octanol–water partition coefficient (Wildman–Crippen LogP) is 1.76. The molecule has 0 aliphatic carbocycles. The number of carbonyl (C=O) groups excluding carboxylic acids is 2. The number of nitrogens with zero attached hydrogens (tertiary/aromatic N) is 1. The molecule has 23 heavy (non-hydrogen) atoms. The fourth-order valence-electron chi connectivity index (χ4n) is 2.56. The second kappa shape index (κ2) is 6.21. The van der Waals surface area contributed by atoms with Crippen LogP contribution in [0.2, 0.25) is 0 Å². The number of amides is 2. The lowest BCUT2D eigenvalue weighted by molar-refractivity contribution is -0.128. The number of carboxylic acids is 1. The van der Waals surface area contributed by atoms with Crippen LogP contribution in [-0.2, 0) is 4.79 Å². The van der Waals surface area contributed by atoms with E-state index in [1.807, 2.05) is 18.2 Å². The van der Waals surface area contributed by atoms with Gasteiger partial charge in [-0.05, 0) is 17.7 Å². The van der Waals surface area contributed by atoms with Crippen LogP contribution in [0.3, 0.4) is 0 Å². The first-order chi connectivity index (χ1) is 11.1. The average molecular weight is 330 g/mol. The van der Waals surface area contributed by atoms with Crippen molar-refractivity contribution in [3.8, 4) is 0 Å². The minimum atomic E-state index is -1.06. The third kappa shape index (κ3) is 2.95. The topological polar surface area (TPSA) is 86.7 Å². The number of carbonyl (C=O) groups is 3. The summed E-state index contributed by atoms with van der Waals surface area (Å²) in [6.45, 7) is 0.759. The van der Waals surface area contributed by atoms with E-state index in [4.69, 9.17) is 5.11 Å². The zero-order chi connectivity index (χ0) is 16.4. The van der Waals surface area contributed by atoms with E-state index in [1.54, 1.807) is 12.1 Å². The molecule has 0 spiro atoms. The van der Waals surface area contributed by atoms with Gasteiger partial charge in [-0.15, -0.1) is 11.3 Å². The van der Waals surface area contributed by atoms with Crippen molar-refractivity contribution < 1.29 is 19.5 Å². The number of nitrogens with one attached hydrogen (secondary N) is 1. The van der Waals surface area contributed by atoms with Crippen LogP contribution in [0.4, 0.5) is 0 Å². The third-order valence-electron chi connectivity index (χ3n) is 3.62. The fourth-order valence-corrected chi connectivity index (χ4v) is 3.36. The monoisotopic (exact) mass is 330 g/mol. The summed E-state index contributed by atoms with van der Waals surface area (Å²) in [6, 6.07) is 11.3. The van der Waals surface area contributed by atoms with Gasteiger partial charge >= 0.3 is 5.97 Å². The van der Waals surface area contributed by atoms with E-state index in [9.17, 15) is 14.4 Å². The molecule has 1 aromatic heterocycles. The second-order valence-electron chi connectivity index (χ2n) is 5.07. The van der Waals surface area contributed by atoms with Crippen molar-refractivity contribution in [3.05, 3.63) is 57.8 Å². The Balaban J connectivity index is 1.93. The molecule has 1 aliphatic heterocycles. The molecule has 1 aromatic carbocycles. The van der Waals surface area contributed by atoms with Crippen molar-refractivity contribution in [2.75, 3.05) is 13.1 Å². The Morgan fingerprint density at radius 2 is 1.83 bits per heavy atom. The highest BCUT2D eigenvalue weighted by atomic mass is 32.1. The first kappa shape index (κ1) is 15.2.